The normalized spacial score (nSPS) is 18.5. The number of thiol groups is 1. The van der Waals surface area contributed by atoms with Gasteiger partial charge >= 0.3 is 0 Å². The molecule has 0 bridgehead atoms. The zero-order valence-corrected chi connectivity index (χ0v) is 10.5. The number of unbranched alkanes of at least 4 members (excludes halogenated alkanes) is 1. The van der Waals surface area contributed by atoms with E-state index in [-0.39, 0.29) is 0 Å². The molecule has 2 rings (SSSR count). The Labute approximate surface area is 102 Å². The van der Waals surface area contributed by atoms with Gasteiger partial charge in [-0.3, -0.25) is 0 Å². The van der Waals surface area contributed by atoms with E-state index in [0.29, 0.717) is 12.7 Å². The maximum absolute atomic E-state index is 5.65. The zero-order chi connectivity index (χ0) is 11.4. The molecule has 1 fully saturated rings. The van der Waals surface area contributed by atoms with E-state index < -0.39 is 0 Å². The third-order valence-corrected chi connectivity index (χ3v) is 3.13. The fraction of sp³-hybridized carbons (Fsp3) is 0.538. The van der Waals surface area contributed by atoms with E-state index in [9.17, 15) is 0 Å². The van der Waals surface area contributed by atoms with Crippen LogP contribution >= 0.6 is 12.6 Å². The van der Waals surface area contributed by atoms with Gasteiger partial charge in [0.15, 0.2) is 0 Å². The second-order valence-corrected chi connectivity index (χ2v) is 4.64. The number of aryl methyl sites for hydroxylation is 1. The van der Waals surface area contributed by atoms with Crippen LogP contribution in [0.4, 0.5) is 0 Å². The van der Waals surface area contributed by atoms with Crippen molar-refractivity contribution in [3.05, 3.63) is 23.8 Å². The van der Waals surface area contributed by atoms with Gasteiger partial charge in [-0.05, 0) is 36.6 Å². The number of benzene rings is 1. The van der Waals surface area contributed by atoms with Gasteiger partial charge in [0.25, 0.3) is 0 Å². The van der Waals surface area contributed by atoms with Gasteiger partial charge in [0, 0.05) is 4.90 Å². The summed E-state index contributed by atoms with van der Waals surface area (Å²) in [5, 5.41) is 0. The highest BCUT2D eigenvalue weighted by Crippen LogP contribution is 2.23. The van der Waals surface area contributed by atoms with Crippen molar-refractivity contribution in [2.45, 2.75) is 37.2 Å². The predicted molar refractivity (Wildman–Crippen MR) is 67.5 cm³/mol. The molecule has 1 unspecified atom stereocenters. The lowest BCUT2D eigenvalue weighted by molar-refractivity contribution is 0.262. The minimum Gasteiger partial charge on any atom is -0.491 e. The minimum absolute atomic E-state index is 0.315. The van der Waals surface area contributed by atoms with Crippen molar-refractivity contribution in [1.82, 2.24) is 0 Å². The molecule has 0 spiro atoms. The van der Waals surface area contributed by atoms with E-state index in [1.54, 1.807) is 0 Å². The Morgan fingerprint density at radius 3 is 3.00 bits per heavy atom. The van der Waals surface area contributed by atoms with Crippen LogP contribution < -0.4 is 4.74 Å². The average Bonchev–Trinajstić information content (AvgIpc) is 3.10. The number of rotatable bonds is 6. The molecule has 2 nitrogen and oxygen atoms in total. The summed E-state index contributed by atoms with van der Waals surface area (Å²) in [4.78, 5) is 1.06. The number of hydrogen-bond donors (Lipinski definition) is 1. The van der Waals surface area contributed by atoms with Crippen LogP contribution in [0.25, 0.3) is 0 Å². The van der Waals surface area contributed by atoms with E-state index in [2.05, 4.69) is 25.6 Å². The van der Waals surface area contributed by atoms with Crippen molar-refractivity contribution in [2.75, 3.05) is 13.2 Å². The molecule has 0 saturated carbocycles. The van der Waals surface area contributed by atoms with E-state index in [1.165, 1.54) is 18.4 Å². The molecule has 1 aromatic carbocycles. The van der Waals surface area contributed by atoms with Gasteiger partial charge in [0.1, 0.15) is 18.5 Å². The second kappa shape index (κ2) is 5.60. The van der Waals surface area contributed by atoms with Crippen LogP contribution in [-0.2, 0) is 11.2 Å². The lowest BCUT2D eigenvalue weighted by atomic mass is 10.1. The Kier molecular flexibility index (Phi) is 4.13. The van der Waals surface area contributed by atoms with Crippen molar-refractivity contribution < 1.29 is 9.47 Å². The van der Waals surface area contributed by atoms with Crippen LogP contribution in [0.15, 0.2) is 23.1 Å². The first-order valence-electron chi connectivity index (χ1n) is 5.86. The Hall–Kier alpha value is -0.670. The standard InChI is InChI=1S/C13H18O2S/c1-2-3-4-10-7-11(5-6-13(10)16)14-8-12-9-15-12/h5-7,12,16H,2-4,8-9H2,1H3. The van der Waals surface area contributed by atoms with Crippen LogP contribution in [0.1, 0.15) is 25.3 Å². The molecule has 0 aromatic heterocycles. The summed E-state index contributed by atoms with van der Waals surface area (Å²) in [6, 6.07) is 6.08. The molecule has 0 radical (unpaired) electrons. The minimum atomic E-state index is 0.315. The SMILES string of the molecule is CCCCc1cc(OCC2CO2)ccc1S. The van der Waals surface area contributed by atoms with Crippen molar-refractivity contribution >= 4 is 12.6 Å². The third kappa shape index (κ3) is 3.42. The van der Waals surface area contributed by atoms with Gasteiger partial charge in [-0.25, -0.2) is 0 Å². The first-order chi connectivity index (χ1) is 7.79. The number of hydrogen-bond acceptors (Lipinski definition) is 3. The van der Waals surface area contributed by atoms with Gasteiger partial charge in [-0.1, -0.05) is 13.3 Å². The Morgan fingerprint density at radius 1 is 1.50 bits per heavy atom. The van der Waals surface area contributed by atoms with Crippen molar-refractivity contribution in [3.63, 3.8) is 0 Å². The molecular weight excluding hydrogens is 220 g/mol. The zero-order valence-electron chi connectivity index (χ0n) is 9.61. The maximum atomic E-state index is 5.65. The Balaban J connectivity index is 1.95. The fourth-order valence-corrected chi connectivity index (χ4v) is 1.82. The summed E-state index contributed by atoms with van der Waals surface area (Å²) in [5.41, 5.74) is 1.28. The molecule has 1 aliphatic rings. The van der Waals surface area contributed by atoms with Crippen molar-refractivity contribution in [1.29, 1.82) is 0 Å². The van der Waals surface area contributed by atoms with Gasteiger partial charge in [-0.2, -0.15) is 0 Å². The number of ether oxygens (including phenoxy) is 2. The third-order valence-electron chi connectivity index (χ3n) is 2.69. The van der Waals surface area contributed by atoms with E-state index >= 15 is 0 Å². The summed E-state index contributed by atoms with van der Waals surface area (Å²) in [6.45, 7) is 3.70. The summed E-state index contributed by atoms with van der Waals surface area (Å²) < 4.78 is 10.8. The number of epoxide rings is 1. The van der Waals surface area contributed by atoms with Gasteiger partial charge in [0.2, 0.25) is 0 Å². The highest BCUT2D eigenvalue weighted by molar-refractivity contribution is 7.80. The molecule has 1 atom stereocenters. The Morgan fingerprint density at radius 2 is 2.31 bits per heavy atom. The smallest absolute Gasteiger partial charge is 0.119 e. The Bertz CT molecular complexity index is 348. The van der Waals surface area contributed by atoms with Crippen molar-refractivity contribution in [3.8, 4) is 5.75 Å². The molecule has 16 heavy (non-hydrogen) atoms. The maximum Gasteiger partial charge on any atom is 0.119 e. The summed E-state index contributed by atoms with van der Waals surface area (Å²) in [7, 11) is 0. The molecule has 3 heteroatoms. The highest BCUT2D eigenvalue weighted by atomic mass is 32.1. The van der Waals surface area contributed by atoms with Gasteiger partial charge in [-0.15, -0.1) is 12.6 Å². The molecule has 0 N–H and O–H groups in total. The van der Waals surface area contributed by atoms with Crippen LogP contribution in [-0.4, -0.2) is 19.3 Å². The van der Waals surface area contributed by atoms with E-state index in [1.807, 2.05) is 12.1 Å². The van der Waals surface area contributed by atoms with Crippen LogP contribution in [0.5, 0.6) is 5.75 Å². The largest absolute Gasteiger partial charge is 0.491 e. The molecule has 1 heterocycles. The molecule has 0 aliphatic carbocycles. The van der Waals surface area contributed by atoms with Crippen LogP contribution in [0, 0.1) is 0 Å². The van der Waals surface area contributed by atoms with E-state index in [0.717, 1.165) is 23.7 Å². The first kappa shape index (κ1) is 11.8. The molecular formula is C13H18O2S. The fourth-order valence-electron chi connectivity index (χ4n) is 1.57. The summed E-state index contributed by atoms with van der Waals surface area (Å²) in [5.74, 6) is 0.930. The van der Waals surface area contributed by atoms with Gasteiger partial charge in [0.05, 0.1) is 6.61 Å². The monoisotopic (exact) mass is 238 g/mol. The molecule has 1 aliphatic heterocycles. The molecule has 88 valence electrons. The topological polar surface area (TPSA) is 21.8 Å². The lowest BCUT2D eigenvalue weighted by Gasteiger charge is -2.09. The lowest BCUT2D eigenvalue weighted by Crippen LogP contribution is -2.04. The predicted octanol–water partition coefficient (Wildman–Crippen LogP) is 3.10. The molecule has 1 aromatic rings. The average molecular weight is 238 g/mol. The summed E-state index contributed by atoms with van der Waals surface area (Å²) in [6.07, 6.45) is 3.79. The quantitative estimate of drug-likeness (QED) is 0.607. The van der Waals surface area contributed by atoms with Crippen LogP contribution in [0.2, 0.25) is 0 Å². The van der Waals surface area contributed by atoms with Crippen LogP contribution in [0.3, 0.4) is 0 Å². The summed E-state index contributed by atoms with van der Waals surface area (Å²) >= 11 is 4.46. The van der Waals surface area contributed by atoms with Gasteiger partial charge < -0.3 is 9.47 Å². The molecule has 1 saturated heterocycles. The highest BCUT2D eigenvalue weighted by Gasteiger charge is 2.23. The first-order valence-corrected chi connectivity index (χ1v) is 6.30. The second-order valence-electron chi connectivity index (χ2n) is 4.16. The molecule has 0 amide bonds. The van der Waals surface area contributed by atoms with Crippen molar-refractivity contribution in [2.24, 2.45) is 0 Å². The van der Waals surface area contributed by atoms with E-state index in [4.69, 9.17) is 9.47 Å².